The minimum absolute atomic E-state index is 0.0864. The molecule has 0 aliphatic rings. The number of aromatic amines is 2. The van der Waals surface area contributed by atoms with Gasteiger partial charge in [-0.2, -0.15) is 0 Å². The molecule has 0 radical (unpaired) electrons. The molecule has 2 aromatic rings. The molecule has 3 atom stereocenters. The summed E-state index contributed by atoms with van der Waals surface area (Å²) in [6.45, 7) is 11.7. The molecule has 11 heteroatoms. The number of hydrogen-bond donors (Lipinski definition) is 4. The van der Waals surface area contributed by atoms with E-state index in [1.807, 2.05) is 31.8 Å². The molecule has 10 nitrogen and oxygen atoms in total. The summed E-state index contributed by atoms with van der Waals surface area (Å²) in [4.78, 5) is 36.2. The second-order valence-corrected chi connectivity index (χ2v) is 8.11. The molecule has 0 spiro atoms. The van der Waals surface area contributed by atoms with Gasteiger partial charge >= 0.3 is 11.7 Å². The molecule has 0 saturated heterocycles. The molecule has 1 heterocycles. The van der Waals surface area contributed by atoms with E-state index in [0.29, 0.717) is 18.3 Å². The van der Waals surface area contributed by atoms with E-state index in [0.717, 1.165) is 19.6 Å². The summed E-state index contributed by atoms with van der Waals surface area (Å²) in [6.07, 6.45) is 2.23. The van der Waals surface area contributed by atoms with Crippen molar-refractivity contribution in [2.24, 2.45) is 5.92 Å². The van der Waals surface area contributed by atoms with Gasteiger partial charge in [0.25, 0.3) is 5.56 Å². The van der Waals surface area contributed by atoms with Crippen molar-refractivity contribution >= 4 is 14.9 Å². The third-order valence-electron chi connectivity index (χ3n) is 3.95. The highest BCUT2D eigenvalue weighted by Crippen LogP contribution is 2.13. The summed E-state index contributed by atoms with van der Waals surface area (Å²) in [6, 6.07) is 9.61. The van der Waals surface area contributed by atoms with E-state index in [4.69, 9.17) is 19.1 Å². The van der Waals surface area contributed by atoms with E-state index >= 15 is 0 Å². The molecule has 1 aromatic heterocycles. The molecule has 192 valence electrons. The second-order valence-electron chi connectivity index (χ2n) is 7.33. The molecule has 1 aromatic carbocycles. The van der Waals surface area contributed by atoms with Crippen LogP contribution >= 0.6 is 8.96 Å². The maximum atomic E-state index is 11.5. The quantitative estimate of drug-likeness (QED) is 0.210. The molecule has 0 saturated carbocycles. The molecular weight excluding hydrogens is 461 g/mol. The van der Waals surface area contributed by atoms with Gasteiger partial charge in [-0.15, -0.1) is 0 Å². The molecule has 2 rings (SSSR count). The highest BCUT2D eigenvalue weighted by Gasteiger charge is 2.15. The van der Waals surface area contributed by atoms with Crippen LogP contribution in [0.3, 0.4) is 0 Å². The average molecular weight is 500 g/mol. The van der Waals surface area contributed by atoms with Gasteiger partial charge in [-0.3, -0.25) is 19.7 Å². The zero-order valence-corrected chi connectivity index (χ0v) is 21.5. The lowest BCUT2D eigenvalue weighted by molar-refractivity contribution is -0.148. The topological polar surface area (TPSA) is 143 Å². The fourth-order valence-electron chi connectivity index (χ4n) is 2.06. The number of ether oxygens (including phenoxy) is 2. The first-order valence-electron chi connectivity index (χ1n) is 11.1. The molecule has 0 aliphatic carbocycles. The van der Waals surface area contributed by atoms with Gasteiger partial charge in [-0.1, -0.05) is 25.1 Å². The van der Waals surface area contributed by atoms with Gasteiger partial charge in [-0.25, -0.2) is 4.79 Å². The number of para-hydroxylation sites is 1. The third-order valence-corrected chi connectivity index (χ3v) is 4.81. The van der Waals surface area contributed by atoms with Gasteiger partial charge in [0.1, 0.15) is 11.8 Å². The number of carbonyl (C=O) groups excluding carboxylic acids is 1. The molecule has 34 heavy (non-hydrogen) atoms. The number of benzene rings is 1. The number of nitrogens with one attached hydrogen (secondary N) is 3. The van der Waals surface area contributed by atoms with E-state index in [-0.39, 0.29) is 32.6 Å². The summed E-state index contributed by atoms with van der Waals surface area (Å²) >= 11 is 0. The Morgan fingerprint density at radius 1 is 1.09 bits per heavy atom. The van der Waals surface area contributed by atoms with Crippen molar-refractivity contribution in [2.45, 2.75) is 53.2 Å². The summed E-state index contributed by atoms with van der Waals surface area (Å²) < 4.78 is 16.0. The summed E-state index contributed by atoms with van der Waals surface area (Å²) in [5, 5.41) is 11.6. The molecule has 4 N–H and O–H groups in total. The summed E-state index contributed by atoms with van der Waals surface area (Å²) in [7, 11) is 0.0965. The monoisotopic (exact) mass is 499 g/mol. The van der Waals surface area contributed by atoms with Gasteiger partial charge in [0.05, 0.1) is 28.3 Å². The first-order chi connectivity index (χ1) is 16.2. The molecular formula is C23H38N3O7P. The lowest BCUT2D eigenvalue weighted by Crippen LogP contribution is -2.32. The average Bonchev–Trinajstić information content (AvgIpc) is 2.79. The zero-order valence-electron chi connectivity index (χ0n) is 20.5. The summed E-state index contributed by atoms with van der Waals surface area (Å²) in [5.41, 5.74) is -0.855. The lowest BCUT2D eigenvalue weighted by atomic mass is 10.1. The predicted octanol–water partition coefficient (Wildman–Crippen LogP) is 2.96. The summed E-state index contributed by atoms with van der Waals surface area (Å²) in [5.74, 6) is 0.488. The van der Waals surface area contributed by atoms with Crippen molar-refractivity contribution in [2.75, 3.05) is 19.8 Å². The molecule has 0 amide bonds. The van der Waals surface area contributed by atoms with E-state index in [1.54, 1.807) is 31.2 Å². The smallest absolute Gasteiger partial charge is 0.325 e. The number of esters is 1. The van der Waals surface area contributed by atoms with Crippen molar-refractivity contribution in [3.05, 3.63) is 63.4 Å². The lowest BCUT2D eigenvalue weighted by Gasteiger charge is -2.17. The SMILES string of the molecule is CCOCC(CC)COPNC(C)C(=O)OC(C)C.O=c1cc[nH]c(=O)[nH]1.Oc1ccccc1. The highest BCUT2D eigenvalue weighted by molar-refractivity contribution is 7.29. The van der Waals surface area contributed by atoms with Gasteiger partial charge in [0.15, 0.2) is 0 Å². The molecule has 0 bridgehead atoms. The fraction of sp³-hybridized carbons (Fsp3) is 0.522. The number of aromatic hydroxyl groups is 1. The maximum absolute atomic E-state index is 11.5. The van der Waals surface area contributed by atoms with Crippen LogP contribution in [0.2, 0.25) is 0 Å². The maximum Gasteiger partial charge on any atom is 0.325 e. The number of H-pyrrole nitrogens is 2. The number of phenolic OH excluding ortho intramolecular Hbond substituents is 1. The van der Waals surface area contributed by atoms with Crippen molar-refractivity contribution in [1.82, 2.24) is 15.1 Å². The molecule has 0 aliphatic heterocycles. The molecule has 3 unspecified atom stereocenters. The normalized spacial score (nSPS) is 12.3. The van der Waals surface area contributed by atoms with E-state index < -0.39 is 5.69 Å². The number of aromatic nitrogens is 2. The number of hydrogen-bond acceptors (Lipinski definition) is 8. The van der Waals surface area contributed by atoms with Crippen LogP contribution < -0.4 is 16.3 Å². The first kappa shape index (κ1) is 31.5. The Balaban J connectivity index is 0.000000583. The Hall–Kier alpha value is -2.52. The van der Waals surface area contributed by atoms with Crippen LogP contribution in [-0.2, 0) is 18.8 Å². The van der Waals surface area contributed by atoms with Crippen LogP contribution in [0.25, 0.3) is 0 Å². The van der Waals surface area contributed by atoms with Crippen LogP contribution in [-0.4, -0.2) is 53.0 Å². The standard InChI is InChI=1S/C13H28NO4P.C6H6O.C4H4N2O2/c1-6-12(8-16-7-2)9-17-19-14-11(5)13(15)18-10(3)4;7-6-4-2-1-3-5-6;7-3-1-2-5-4(8)6-3/h10-12,14,19H,6-9H2,1-5H3;1-5,7H;1-2H,(H2,5,6,7,8). The third kappa shape index (κ3) is 18.0. The molecule has 0 fully saturated rings. The van der Waals surface area contributed by atoms with Crippen LogP contribution in [0.4, 0.5) is 0 Å². The predicted molar refractivity (Wildman–Crippen MR) is 134 cm³/mol. The van der Waals surface area contributed by atoms with Crippen LogP contribution in [0.5, 0.6) is 5.75 Å². The van der Waals surface area contributed by atoms with Crippen LogP contribution in [0.1, 0.15) is 41.0 Å². The van der Waals surface area contributed by atoms with Gasteiger partial charge in [0, 0.05) is 24.8 Å². The van der Waals surface area contributed by atoms with Crippen molar-refractivity contribution < 1.29 is 23.9 Å². The van der Waals surface area contributed by atoms with Crippen molar-refractivity contribution in [3.8, 4) is 5.75 Å². The van der Waals surface area contributed by atoms with Gasteiger partial charge < -0.3 is 24.1 Å². The Morgan fingerprint density at radius 2 is 1.76 bits per heavy atom. The van der Waals surface area contributed by atoms with Gasteiger partial charge in [-0.05, 0) is 46.2 Å². The minimum Gasteiger partial charge on any atom is -0.508 e. The Kier molecular flexibility index (Phi) is 18.4. The second kappa shape index (κ2) is 19.9. The number of rotatable bonds is 11. The first-order valence-corrected chi connectivity index (χ1v) is 12.0. The van der Waals surface area contributed by atoms with Crippen LogP contribution in [0.15, 0.2) is 52.2 Å². The van der Waals surface area contributed by atoms with E-state index in [9.17, 15) is 14.4 Å². The van der Waals surface area contributed by atoms with E-state index in [2.05, 4.69) is 17.0 Å². The Labute approximate surface area is 202 Å². The Bertz CT molecular complexity index is 849. The van der Waals surface area contributed by atoms with E-state index in [1.165, 1.54) is 12.3 Å². The Morgan fingerprint density at radius 3 is 2.21 bits per heavy atom. The zero-order chi connectivity index (χ0) is 25.8. The fourth-order valence-corrected chi connectivity index (χ4v) is 2.76. The van der Waals surface area contributed by atoms with Crippen molar-refractivity contribution in [3.63, 3.8) is 0 Å². The van der Waals surface area contributed by atoms with Crippen molar-refractivity contribution in [1.29, 1.82) is 0 Å². The number of phenols is 1. The number of carbonyl (C=O) groups is 1. The van der Waals surface area contributed by atoms with Gasteiger partial charge in [0.2, 0.25) is 0 Å². The van der Waals surface area contributed by atoms with Crippen LogP contribution in [0, 0.1) is 5.92 Å². The largest absolute Gasteiger partial charge is 0.508 e. The highest BCUT2D eigenvalue weighted by atomic mass is 31.1. The minimum atomic E-state index is -0.475.